The molecule has 6 nitrogen and oxygen atoms in total. The number of piperidine rings is 1. The number of amides is 3. The van der Waals surface area contributed by atoms with Gasteiger partial charge in [0.15, 0.2) is 0 Å². The summed E-state index contributed by atoms with van der Waals surface area (Å²) in [5.41, 5.74) is 0. The van der Waals surface area contributed by atoms with Crippen molar-refractivity contribution in [2.75, 3.05) is 19.6 Å². The molecule has 1 N–H and O–H groups in total. The lowest BCUT2D eigenvalue weighted by molar-refractivity contribution is -0.148. The first kappa shape index (κ1) is 22.0. The van der Waals surface area contributed by atoms with Crippen molar-refractivity contribution in [3.63, 3.8) is 0 Å². The number of fused-ring (bicyclic) bond motifs is 1. The molecule has 3 rings (SSSR count). The molecule has 2 aliphatic heterocycles. The van der Waals surface area contributed by atoms with Crippen LogP contribution in [0.25, 0.3) is 0 Å². The molecule has 29 heavy (non-hydrogen) atoms. The number of nitrogens with one attached hydrogen (secondary N) is 1. The molecular weight excluding hydrogens is 366 g/mol. The van der Waals surface area contributed by atoms with Gasteiger partial charge in [-0.2, -0.15) is 0 Å². The number of rotatable bonds is 8. The van der Waals surface area contributed by atoms with Crippen LogP contribution in [0.15, 0.2) is 12.2 Å². The lowest BCUT2D eigenvalue weighted by atomic mass is 9.85. The van der Waals surface area contributed by atoms with E-state index < -0.39 is 6.04 Å². The van der Waals surface area contributed by atoms with E-state index in [4.69, 9.17) is 0 Å². The van der Waals surface area contributed by atoms with Crippen molar-refractivity contribution in [3.8, 4) is 0 Å². The molecule has 3 aliphatic rings. The van der Waals surface area contributed by atoms with Crippen molar-refractivity contribution in [2.24, 2.45) is 17.8 Å². The predicted molar refractivity (Wildman–Crippen MR) is 113 cm³/mol. The summed E-state index contributed by atoms with van der Waals surface area (Å²) in [4.78, 5) is 42.6. The van der Waals surface area contributed by atoms with Gasteiger partial charge in [0.05, 0.1) is 11.8 Å². The second-order valence-electron chi connectivity index (χ2n) is 9.37. The summed E-state index contributed by atoms with van der Waals surface area (Å²) in [7, 11) is 0. The number of carbonyl (C=O) groups is 3. The van der Waals surface area contributed by atoms with Crippen LogP contribution in [0.2, 0.25) is 0 Å². The quantitative estimate of drug-likeness (QED) is 0.384. The van der Waals surface area contributed by atoms with E-state index in [0.29, 0.717) is 31.8 Å². The first-order valence-electron chi connectivity index (χ1n) is 11.4. The van der Waals surface area contributed by atoms with Gasteiger partial charge in [0, 0.05) is 19.1 Å². The van der Waals surface area contributed by atoms with E-state index in [-0.39, 0.29) is 35.5 Å². The fourth-order valence-electron chi connectivity index (χ4n) is 5.01. The number of nitrogens with zero attached hydrogens (tertiary/aromatic N) is 2. The van der Waals surface area contributed by atoms with Crippen LogP contribution >= 0.6 is 0 Å². The molecule has 2 heterocycles. The van der Waals surface area contributed by atoms with Gasteiger partial charge in [0.2, 0.25) is 17.7 Å². The van der Waals surface area contributed by atoms with Gasteiger partial charge in [-0.25, -0.2) is 0 Å². The normalized spacial score (nSPS) is 28.7. The maximum Gasteiger partial charge on any atom is 0.243 e. The number of hydrogen-bond donors (Lipinski definition) is 1. The first-order chi connectivity index (χ1) is 13.9. The third-order valence-electron chi connectivity index (χ3n) is 6.71. The zero-order chi connectivity index (χ0) is 21.0. The average molecular weight is 404 g/mol. The van der Waals surface area contributed by atoms with Crippen molar-refractivity contribution in [3.05, 3.63) is 12.2 Å². The molecule has 0 saturated carbocycles. The maximum atomic E-state index is 13.0. The topological polar surface area (TPSA) is 69.7 Å². The summed E-state index contributed by atoms with van der Waals surface area (Å²) >= 11 is 0. The smallest absolute Gasteiger partial charge is 0.243 e. The van der Waals surface area contributed by atoms with E-state index in [1.807, 2.05) is 26.0 Å². The molecule has 0 spiro atoms. The SMILES string of the molecule is CC(C)CC(C(=O)NCCCN1CCCCC1C)N1C(=O)C2CC=CCC2C1=O. The number of hydrogen-bond acceptors (Lipinski definition) is 4. The molecule has 162 valence electrons. The molecule has 0 bridgehead atoms. The molecule has 4 unspecified atom stereocenters. The van der Waals surface area contributed by atoms with Crippen LogP contribution in [-0.2, 0) is 14.4 Å². The summed E-state index contributed by atoms with van der Waals surface area (Å²) < 4.78 is 0. The zero-order valence-corrected chi connectivity index (χ0v) is 18.2. The Morgan fingerprint density at radius 1 is 1.14 bits per heavy atom. The van der Waals surface area contributed by atoms with Gasteiger partial charge >= 0.3 is 0 Å². The third kappa shape index (κ3) is 5.08. The number of carbonyl (C=O) groups excluding carboxylic acids is 3. The first-order valence-corrected chi connectivity index (χ1v) is 11.4. The van der Waals surface area contributed by atoms with Gasteiger partial charge in [0.25, 0.3) is 0 Å². The summed E-state index contributed by atoms with van der Waals surface area (Å²) in [6, 6.07) is -0.0700. The van der Waals surface area contributed by atoms with Crippen molar-refractivity contribution in [2.45, 2.75) is 77.8 Å². The minimum Gasteiger partial charge on any atom is -0.354 e. The second-order valence-corrected chi connectivity index (χ2v) is 9.37. The second kappa shape index (κ2) is 9.88. The molecule has 6 heteroatoms. The number of allylic oxidation sites excluding steroid dienone is 2. The van der Waals surface area contributed by atoms with E-state index in [1.54, 1.807) is 0 Å². The Morgan fingerprint density at radius 2 is 1.79 bits per heavy atom. The molecule has 0 radical (unpaired) electrons. The molecule has 0 aromatic carbocycles. The van der Waals surface area contributed by atoms with Crippen LogP contribution in [-0.4, -0.2) is 59.2 Å². The van der Waals surface area contributed by atoms with Gasteiger partial charge in [-0.1, -0.05) is 32.4 Å². The molecule has 4 atom stereocenters. The van der Waals surface area contributed by atoms with Crippen LogP contribution in [0.3, 0.4) is 0 Å². The van der Waals surface area contributed by atoms with Crippen LogP contribution in [0.1, 0.15) is 65.7 Å². The van der Waals surface area contributed by atoms with Crippen LogP contribution in [0.5, 0.6) is 0 Å². The summed E-state index contributed by atoms with van der Waals surface area (Å²) in [5.74, 6) is -0.842. The Balaban J connectivity index is 1.57. The maximum absolute atomic E-state index is 13.0. The summed E-state index contributed by atoms with van der Waals surface area (Å²) in [6.07, 6.45) is 10.4. The Morgan fingerprint density at radius 3 is 2.38 bits per heavy atom. The molecule has 2 saturated heterocycles. The number of likely N-dealkylation sites (tertiary alicyclic amines) is 2. The highest BCUT2D eigenvalue weighted by Gasteiger charge is 2.51. The fourth-order valence-corrected chi connectivity index (χ4v) is 5.01. The molecule has 2 fully saturated rings. The van der Waals surface area contributed by atoms with Crippen LogP contribution in [0, 0.1) is 17.8 Å². The zero-order valence-electron chi connectivity index (χ0n) is 18.2. The minimum atomic E-state index is -0.686. The largest absolute Gasteiger partial charge is 0.354 e. The van der Waals surface area contributed by atoms with E-state index in [9.17, 15) is 14.4 Å². The lowest BCUT2D eigenvalue weighted by Gasteiger charge is -2.33. The summed E-state index contributed by atoms with van der Waals surface area (Å²) in [6.45, 7) is 9.03. The van der Waals surface area contributed by atoms with Crippen molar-refractivity contribution in [1.82, 2.24) is 15.1 Å². The Bertz CT molecular complexity index is 619. The molecule has 3 amide bonds. The molecule has 1 aliphatic carbocycles. The van der Waals surface area contributed by atoms with Crippen LogP contribution in [0.4, 0.5) is 0 Å². The molecule has 0 aromatic heterocycles. The van der Waals surface area contributed by atoms with Gasteiger partial charge in [-0.3, -0.25) is 19.3 Å². The van der Waals surface area contributed by atoms with Gasteiger partial charge in [0.1, 0.15) is 6.04 Å². The fraction of sp³-hybridized carbons (Fsp3) is 0.783. The summed E-state index contributed by atoms with van der Waals surface area (Å²) in [5, 5.41) is 3.01. The van der Waals surface area contributed by atoms with Crippen molar-refractivity contribution in [1.29, 1.82) is 0 Å². The highest BCUT2D eigenvalue weighted by molar-refractivity contribution is 6.08. The third-order valence-corrected chi connectivity index (χ3v) is 6.71. The highest BCUT2D eigenvalue weighted by atomic mass is 16.2. The monoisotopic (exact) mass is 403 g/mol. The van der Waals surface area contributed by atoms with Crippen molar-refractivity contribution >= 4 is 17.7 Å². The van der Waals surface area contributed by atoms with E-state index in [1.165, 1.54) is 24.2 Å². The lowest BCUT2D eigenvalue weighted by Crippen LogP contribution is -2.51. The van der Waals surface area contributed by atoms with E-state index >= 15 is 0 Å². The highest BCUT2D eigenvalue weighted by Crippen LogP contribution is 2.37. The number of imide groups is 1. The Hall–Kier alpha value is -1.69. The Kier molecular flexibility index (Phi) is 7.49. The van der Waals surface area contributed by atoms with Gasteiger partial charge < -0.3 is 10.2 Å². The minimum absolute atomic E-state index is 0.160. The van der Waals surface area contributed by atoms with Crippen LogP contribution < -0.4 is 5.32 Å². The van der Waals surface area contributed by atoms with E-state index in [0.717, 1.165) is 19.5 Å². The van der Waals surface area contributed by atoms with Gasteiger partial charge in [-0.15, -0.1) is 0 Å². The molecular formula is C23H37N3O3. The van der Waals surface area contributed by atoms with Gasteiger partial charge in [-0.05, 0) is 57.9 Å². The Labute approximate surface area is 175 Å². The van der Waals surface area contributed by atoms with Crippen molar-refractivity contribution < 1.29 is 14.4 Å². The predicted octanol–water partition coefficient (Wildman–Crippen LogP) is 2.73. The average Bonchev–Trinajstić information content (AvgIpc) is 2.95. The standard InChI is InChI=1S/C23H37N3O3/c1-16(2)15-20(26-22(28)18-10-4-5-11-19(18)23(26)29)21(27)24-12-8-14-25-13-7-6-9-17(25)3/h4-5,16-20H,6-15H2,1-3H3,(H,24,27). The molecule has 0 aromatic rings. The van der Waals surface area contributed by atoms with E-state index in [2.05, 4.69) is 17.1 Å².